The first kappa shape index (κ1) is 44.5. The average molecular weight is 780 g/mol. The number of nitro groups is 1. The molecule has 0 saturated heterocycles. The number of non-ortho nitro benzene ring substituents is 1. The highest BCUT2D eigenvalue weighted by Gasteiger charge is 2.23. The zero-order valence-electron chi connectivity index (χ0n) is 30.4. The Kier molecular flexibility index (Phi) is 17.0. The van der Waals surface area contributed by atoms with Crippen molar-refractivity contribution in [3.8, 4) is 5.75 Å². The highest BCUT2D eigenvalue weighted by molar-refractivity contribution is 7.45. The largest absolute Gasteiger partial charge is 0.756 e. The summed E-state index contributed by atoms with van der Waals surface area (Å²) in [6.07, 6.45) is -1.16. The maximum Gasteiger partial charge on any atom is 0.514 e. The molecular weight excluding hydrogens is 737 g/mol. The fourth-order valence-electron chi connectivity index (χ4n) is 4.04. The number of azide groups is 1. The van der Waals surface area contributed by atoms with Crippen LogP contribution >= 0.6 is 7.82 Å². The molecule has 0 aliphatic carbocycles. The van der Waals surface area contributed by atoms with Crippen LogP contribution in [-0.4, -0.2) is 111 Å². The Morgan fingerprint density at radius 1 is 1.00 bits per heavy atom. The second kappa shape index (κ2) is 20.6. The van der Waals surface area contributed by atoms with Crippen molar-refractivity contribution in [2.45, 2.75) is 39.1 Å². The molecule has 3 atom stereocenters. The van der Waals surface area contributed by atoms with Crippen LogP contribution < -0.4 is 25.6 Å². The first-order chi connectivity index (χ1) is 25.2. The van der Waals surface area contributed by atoms with E-state index in [1.54, 1.807) is 0 Å². The van der Waals surface area contributed by atoms with Crippen molar-refractivity contribution in [3.05, 3.63) is 74.1 Å². The van der Waals surface area contributed by atoms with Gasteiger partial charge in [0.15, 0.2) is 0 Å². The molecule has 0 heterocycles. The fraction of sp³-hybridized carbons (Fsp3) is 0.452. The van der Waals surface area contributed by atoms with E-state index in [4.69, 9.17) is 24.1 Å². The Labute approximate surface area is 309 Å². The van der Waals surface area contributed by atoms with Crippen LogP contribution in [0.2, 0.25) is 0 Å². The van der Waals surface area contributed by atoms with Gasteiger partial charge in [0, 0.05) is 36.3 Å². The summed E-state index contributed by atoms with van der Waals surface area (Å²) in [5.74, 6) is -2.88. The van der Waals surface area contributed by atoms with Gasteiger partial charge < -0.3 is 48.7 Å². The number of rotatable bonds is 20. The number of nitrogens with zero attached hydrogens (tertiary/aromatic N) is 6. The molecule has 0 bridgehead atoms. The number of nitro benzene ring substituents is 1. The Hall–Kier alpha value is -5.63. The molecule has 2 rings (SSSR count). The molecule has 3 N–H and O–H groups in total. The lowest BCUT2D eigenvalue weighted by atomic mass is 10.1. The molecule has 0 aromatic heterocycles. The van der Waals surface area contributed by atoms with Gasteiger partial charge in [-0.15, -0.1) is 0 Å². The summed E-state index contributed by atoms with van der Waals surface area (Å²) in [6.45, 7) is 0.924. The summed E-state index contributed by atoms with van der Waals surface area (Å²) < 4.78 is 32.5. The summed E-state index contributed by atoms with van der Waals surface area (Å²) in [5.41, 5.74) is 8.96. The lowest BCUT2D eigenvalue weighted by Crippen LogP contribution is -2.50. The number of nitrogens with one attached hydrogen (secondary N) is 3. The summed E-state index contributed by atoms with van der Waals surface area (Å²) in [7, 11) is 2.04. The van der Waals surface area contributed by atoms with Crippen molar-refractivity contribution in [2.24, 2.45) is 5.11 Å². The van der Waals surface area contributed by atoms with Gasteiger partial charge in [0.2, 0.25) is 23.6 Å². The molecule has 23 heteroatoms. The van der Waals surface area contributed by atoms with Crippen molar-refractivity contribution in [1.29, 1.82) is 0 Å². The van der Waals surface area contributed by atoms with Crippen molar-refractivity contribution >= 4 is 49.0 Å². The van der Waals surface area contributed by atoms with Crippen LogP contribution in [0.5, 0.6) is 5.75 Å². The van der Waals surface area contributed by atoms with Gasteiger partial charge >= 0.3 is 6.16 Å². The Balaban J connectivity index is 2.17. The highest BCUT2D eigenvalue weighted by atomic mass is 31.2. The van der Waals surface area contributed by atoms with Gasteiger partial charge in [0.25, 0.3) is 13.5 Å². The summed E-state index contributed by atoms with van der Waals surface area (Å²) in [6, 6.07) is 6.85. The number of quaternary nitrogens is 1. The summed E-state index contributed by atoms with van der Waals surface area (Å²) in [5, 5.41) is 21.4. The second-order valence-electron chi connectivity index (χ2n) is 12.6. The van der Waals surface area contributed by atoms with E-state index in [9.17, 15) is 43.5 Å². The molecule has 0 aliphatic rings. The number of carbonyl (C=O) groups excluding carboxylic acids is 5. The van der Waals surface area contributed by atoms with Crippen LogP contribution in [0, 0.1) is 10.1 Å². The van der Waals surface area contributed by atoms with Crippen LogP contribution in [0.15, 0.2) is 47.6 Å². The van der Waals surface area contributed by atoms with Crippen LogP contribution in [0.3, 0.4) is 0 Å². The normalized spacial score (nSPS) is 13.2. The Morgan fingerprint density at radius 3 is 2.26 bits per heavy atom. The third-order valence-corrected chi connectivity index (χ3v) is 8.00. The van der Waals surface area contributed by atoms with Crippen LogP contribution in [-0.2, 0) is 50.7 Å². The number of hydrogen-bond donors (Lipinski definition) is 3. The topological polar surface area (TPSA) is 294 Å². The van der Waals surface area contributed by atoms with Crippen molar-refractivity contribution in [1.82, 2.24) is 15.5 Å². The zero-order valence-corrected chi connectivity index (χ0v) is 31.3. The first-order valence-corrected chi connectivity index (χ1v) is 17.4. The fourth-order valence-corrected chi connectivity index (χ4v) is 4.69. The Bertz CT molecular complexity index is 1780. The molecule has 0 saturated carbocycles. The SMILES string of the molecule is C[C@H](NC(=O)CN=[N+]=[N-])C(=O)N[C@@H](C)C(=O)Nc1ccc(COC(=O)Oc2ccc([N+](=O)[O-])cc2)c(CN(C)C(=O)COP(=O)([O-])OCC[N+](C)(C)C)c1. The number of phosphoric acid groups is 1. The molecular formula is C31H42N9O13P. The maximum atomic E-state index is 13.0. The smallest absolute Gasteiger partial charge is 0.514 e. The number of ether oxygens (including phenoxy) is 2. The lowest BCUT2D eigenvalue weighted by Gasteiger charge is -2.27. The first-order valence-electron chi connectivity index (χ1n) is 16.0. The number of phosphoric ester groups is 1. The van der Waals surface area contributed by atoms with Crippen molar-refractivity contribution in [2.75, 3.05) is 59.8 Å². The lowest BCUT2D eigenvalue weighted by molar-refractivity contribution is -0.870. The molecule has 2 aromatic rings. The van der Waals surface area contributed by atoms with E-state index in [0.29, 0.717) is 22.2 Å². The monoisotopic (exact) mass is 779 g/mol. The standard InChI is InChI=1S/C31H42N9O13P/c1-20(34-27(41)16-33-37-32)29(43)35-21(2)30(44)36-24-8-7-22(18-50-31(45)53-26-11-9-25(10-12-26)39(46)47)23(15-24)17-38(3)28(42)19-52-54(48,49)51-14-13-40(4,5)6/h7-12,15,20-21H,13-14,16-19H2,1-6H3,(H3-,34,35,36,41,43,44,48,49)/t20-,21-/m0/s1. The number of likely N-dealkylation sites (N-methyl/N-ethyl adjacent to an activating group) is 2. The zero-order chi connectivity index (χ0) is 40.6. The number of amides is 4. The predicted molar refractivity (Wildman–Crippen MR) is 187 cm³/mol. The molecule has 0 spiro atoms. The van der Waals surface area contributed by atoms with Gasteiger partial charge in [-0.05, 0) is 54.8 Å². The maximum absolute atomic E-state index is 13.0. The van der Waals surface area contributed by atoms with E-state index in [0.717, 1.165) is 17.0 Å². The molecule has 4 amide bonds. The molecule has 1 unspecified atom stereocenters. The molecule has 0 aliphatic heterocycles. The number of carbonyl (C=O) groups is 5. The number of hydrogen-bond acceptors (Lipinski definition) is 14. The number of anilines is 1. The van der Waals surface area contributed by atoms with E-state index in [1.807, 2.05) is 21.1 Å². The minimum Gasteiger partial charge on any atom is -0.756 e. The number of benzene rings is 2. The minimum absolute atomic E-state index is 0.0301. The van der Waals surface area contributed by atoms with Gasteiger partial charge in [-0.2, -0.15) is 0 Å². The van der Waals surface area contributed by atoms with Gasteiger partial charge in [-0.1, -0.05) is 11.2 Å². The van der Waals surface area contributed by atoms with E-state index >= 15 is 0 Å². The van der Waals surface area contributed by atoms with Crippen LogP contribution in [0.4, 0.5) is 16.2 Å². The van der Waals surface area contributed by atoms with E-state index in [2.05, 4.69) is 26.0 Å². The molecule has 294 valence electrons. The predicted octanol–water partition coefficient (Wildman–Crippen LogP) is 1.73. The van der Waals surface area contributed by atoms with E-state index < -0.39 is 74.4 Å². The van der Waals surface area contributed by atoms with Crippen molar-refractivity contribution < 1.29 is 61.4 Å². The third-order valence-electron chi connectivity index (χ3n) is 7.06. The van der Waals surface area contributed by atoms with E-state index in [-0.39, 0.29) is 30.3 Å². The minimum atomic E-state index is -4.81. The average Bonchev–Trinajstić information content (AvgIpc) is 3.08. The van der Waals surface area contributed by atoms with Crippen molar-refractivity contribution in [3.63, 3.8) is 0 Å². The third kappa shape index (κ3) is 16.4. The molecule has 54 heavy (non-hydrogen) atoms. The molecule has 22 nitrogen and oxygen atoms in total. The summed E-state index contributed by atoms with van der Waals surface area (Å²) in [4.78, 5) is 88.6. The van der Waals surface area contributed by atoms with Crippen LogP contribution in [0.1, 0.15) is 25.0 Å². The van der Waals surface area contributed by atoms with E-state index in [1.165, 1.54) is 51.2 Å². The molecule has 0 fully saturated rings. The molecule has 2 aromatic carbocycles. The van der Waals surface area contributed by atoms with Gasteiger partial charge in [-0.25, -0.2) is 4.79 Å². The second-order valence-corrected chi connectivity index (χ2v) is 14.0. The Morgan fingerprint density at radius 2 is 1.65 bits per heavy atom. The molecule has 0 radical (unpaired) electrons. The highest BCUT2D eigenvalue weighted by Crippen LogP contribution is 2.38. The summed E-state index contributed by atoms with van der Waals surface area (Å²) >= 11 is 0. The van der Waals surface area contributed by atoms with Gasteiger partial charge in [-0.3, -0.25) is 33.9 Å². The van der Waals surface area contributed by atoms with Crippen LogP contribution in [0.25, 0.3) is 10.4 Å². The van der Waals surface area contributed by atoms with Gasteiger partial charge in [0.05, 0.1) is 26.1 Å². The van der Waals surface area contributed by atoms with Gasteiger partial charge in [0.1, 0.15) is 50.7 Å². The quantitative estimate of drug-likeness (QED) is 0.0199.